The molecule has 0 aliphatic heterocycles. The number of hydrogen-bond donors (Lipinski definition) is 1. The molecule has 1 fully saturated rings. The van der Waals surface area contributed by atoms with Crippen molar-refractivity contribution in [2.24, 2.45) is 5.92 Å². The maximum absolute atomic E-state index is 10.9. The van der Waals surface area contributed by atoms with Gasteiger partial charge in [0.25, 0.3) is 0 Å². The van der Waals surface area contributed by atoms with Crippen molar-refractivity contribution in [3.05, 3.63) is 0 Å². The molecule has 4 heteroatoms. The highest BCUT2D eigenvalue weighted by Crippen LogP contribution is 2.30. The summed E-state index contributed by atoms with van der Waals surface area (Å²) in [7, 11) is 1.66. The molecule has 4 nitrogen and oxygen atoms in total. The number of nitrogens with zero attached hydrogens (tertiary/aromatic N) is 1. The summed E-state index contributed by atoms with van der Waals surface area (Å²) in [5, 5.41) is 8.97. The van der Waals surface area contributed by atoms with E-state index in [0.717, 1.165) is 25.3 Å². The number of rotatable bonds is 8. The van der Waals surface area contributed by atoms with Crippen LogP contribution >= 0.6 is 0 Å². The van der Waals surface area contributed by atoms with Gasteiger partial charge in [-0.1, -0.05) is 19.8 Å². The average molecular weight is 257 g/mol. The second-order valence-corrected chi connectivity index (χ2v) is 5.32. The summed E-state index contributed by atoms with van der Waals surface area (Å²) < 4.78 is 5.07. The molecule has 1 saturated carbocycles. The van der Waals surface area contributed by atoms with Gasteiger partial charge in [0.2, 0.25) is 0 Å². The molecule has 1 aliphatic carbocycles. The van der Waals surface area contributed by atoms with Gasteiger partial charge in [0.1, 0.15) is 0 Å². The van der Waals surface area contributed by atoms with Crippen molar-refractivity contribution in [2.75, 3.05) is 26.8 Å². The zero-order valence-electron chi connectivity index (χ0n) is 11.7. The van der Waals surface area contributed by atoms with E-state index < -0.39 is 5.97 Å². The number of carboxylic acid groups (broad SMARTS) is 1. The molecule has 1 rings (SSSR count). The fourth-order valence-corrected chi connectivity index (χ4v) is 2.98. The smallest absolute Gasteiger partial charge is 0.317 e. The average Bonchev–Trinajstić information content (AvgIpc) is 2.35. The Hall–Kier alpha value is -0.610. The summed E-state index contributed by atoms with van der Waals surface area (Å²) in [5.74, 6) is 0.127. The standard InChI is InChI=1S/C14H27NO3/c1-3-4-12-5-7-13(8-6-12)15(9-10-18-2)11-14(16)17/h12-13H,3-11H2,1-2H3,(H,16,17). The van der Waals surface area contributed by atoms with Gasteiger partial charge in [-0.05, 0) is 31.6 Å². The van der Waals surface area contributed by atoms with Crippen LogP contribution in [0.5, 0.6) is 0 Å². The van der Waals surface area contributed by atoms with Crippen molar-refractivity contribution in [1.82, 2.24) is 4.90 Å². The lowest BCUT2D eigenvalue weighted by Crippen LogP contribution is -2.43. The van der Waals surface area contributed by atoms with Gasteiger partial charge in [-0.15, -0.1) is 0 Å². The normalized spacial score (nSPS) is 24.4. The largest absolute Gasteiger partial charge is 0.480 e. The molecule has 106 valence electrons. The van der Waals surface area contributed by atoms with Crippen molar-refractivity contribution in [3.63, 3.8) is 0 Å². The third kappa shape index (κ3) is 5.36. The first-order chi connectivity index (χ1) is 8.67. The lowest BCUT2D eigenvalue weighted by molar-refractivity contribution is -0.139. The Labute approximate surface area is 110 Å². The third-order valence-electron chi connectivity index (χ3n) is 3.95. The quantitative estimate of drug-likeness (QED) is 0.725. The molecule has 0 atom stereocenters. The first-order valence-electron chi connectivity index (χ1n) is 7.12. The molecule has 0 aromatic carbocycles. The van der Waals surface area contributed by atoms with Crippen molar-refractivity contribution >= 4 is 5.97 Å². The van der Waals surface area contributed by atoms with E-state index in [2.05, 4.69) is 11.8 Å². The Balaban J connectivity index is 2.40. The van der Waals surface area contributed by atoms with E-state index in [4.69, 9.17) is 9.84 Å². The monoisotopic (exact) mass is 257 g/mol. The van der Waals surface area contributed by atoms with Gasteiger partial charge in [0, 0.05) is 19.7 Å². The highest BCUT2D eigenvalue weighted by molar-refractivity contribution is 5.69. The van der Waals surface area contributed by atoms with Crippen LogP contribution in [0.4, 0.5) is 0 Å². The maximum atomic E-state index is 10.9. The molecule has 0 amide bonds. The lowest BCUT2D eigenvalue weighted by Gasteiger charge is -2.36. The molecule has 0 aromatic rings. The molecular formula is C14H27NO3. The van der Waals surface area contributed by atoms with Crippen molar-refractivity contribution < 1.29 is 14.6 Å². The van der Waals surface area contributed by atoms with Gasteiger partial charge in [-0.2, -0.15) is 0 Å². The van der Waals surface area contributed by atoms with Crippen LogP contribution in [0, 0.1) is 5.92 Å². The summed E-state index contributed by atoms with van der Waals surface area (Å²) in [4.78, 5) is 13.0. The SMILES string of the molecule is CCCC1CCC(N(CCOC)CC(=O)O)CC1. The second-order valence-electron chi connectivity index (χ2n) is 5.32. The molecule has 0 heterocycles. The Kier molecular flexibility index (Phi) is 7.28. The number of carbonyl (C=O) groups is 1. The molecule has 1 aliphatic rings. The van der Waals surface area contributed by atoms with Crippen LogP contribution in [0.15, 0.2) is 0 Å². The molecule has 0 bridgehead atoms. The molecule has 1 N–H and O–H groups in total. The van der Waals surface area contributed by atoms with Crippen LogP contribution < -0.4 is 0 Å². The molecule has 0 radical (unpaired) electrons. The van der Waals surface area contributed by atoms with E-state index in [1.165, 1.54) is 25.7 Å². The predicted molar refractivity (Wildman–Crippen MR) is 71.7 cm³/mol. The molecular weight excluding hydrogens is 230 g/mol. The molecule has 0 unspecified atom stereocenters. The van der Waals surface area contributed by atoms with E-state index >= 15 is 0 Å². The van der Waals surface area contributed by atoms with Gasteiger partial charge < -0.3 is 9.84 Å². The zero-order valence-corrected chi connectivity index (χ0v) is 11.7. The maximum Gasteiger partial charge on any atom is 0.317 e. The summed E-state index contributed by atoms with van der Waals surface area (Å²) in [6.45, 7) is 3.72. The molecule has 0 aromatic heterocycles. The molecule has 0 saturated heterocycles. The first kappa shape index (κ1) is 15.4. The van der Waals surface area contributed by atoms with E-state index in [1.54, 1.807) is 7.11 Å². The van der Waals surface area contributed by atoms with Crippen LogP contribution in [-0.2, 0) is 9.53 Å². The van der Waals surface area contributed by atoms with Gasteiger partial charge in [0.15, 0.2) is 0 Å². The van der Waals surface area contributed by atoms with Crippen molar-refractivity contribution in [2.45, 2.75) is 51.5 Å². The fraction of sp³-hybridized carbons (Fsp3) is 0.929. The highest BCUT2D eigenvalue weighted by atomic mass is 16.5. The number of methoxy groups -OCH3 is 1. The number of hydrogen-bond acceptors (Lipinski definition) is 3. The number of aliphatic carboxylic acids is 1. The highest BCUT2D eigenvalue weighted by Gasteiger charge is 2.26. The Morgan fingerprint density at radius 2 is 2.00 bits per heavy atom. The van der Waals surface area contributed by atoms with Crippen LogP contribution in [0.1, 0.15) is 45.4 Å². The number of ether oxygens (including phenoxy) is 1. The Bertz CT molecular complexity index is 237. The first-order valence-corrected chi connectivity index (χ1v) is 7.12. The molecule has 18 heavy (non-hydrogen) atoms. The summed E-state index contributed by atoms with van der Waals surface area (Å²) >= 11 is 0. The second kappa shape index (κ2) is 8.48. The minimum atomic E-state index is -0.734. The van der Waals surface area contributed by atoms with Crippen LogP contribution in [0.25, 0.3) is 0 Å². The van der Waals surface area contributed by atoms with E-state index in [9.17, 15) is 4.79 Å². The lowest BCUT2D eigenvalue weighted by atomic mass is 9.83. The predicted octanol–water partition coefficient (Wildman–Crippen LogP) is 2.38. The van der Waals surface area contributed by atoms with E-state index in [0.29, 0.717) is 12.6 Å². The minimum absolute atomic E-state index is 0.145. The van der Waals surface area contributed by atoms with Crippen molar-refractivity contribution in [3.8, 4) is 0 Å². The number of carboxylic acids is 1. The van der Waals surface area contributed by atoms with Crippen LogP contribution in [-0.4, -0.2) is 48.8 Å². The van der Waals surface area contributed by atoms with Crippen LogP contribution in [0.2, 0.25) is 0 Å². The summed E-state index contributed by atoms with van der Waals surface area (Å²) in [6.07, 6.45) is 7.37. The van der Waals surface area contributed by atoms with Crippen LogP contribution in [0.3, 0.4) is 0 Å². The van der Waals surface area contributed by atoms with Gasteiger partial charge in [-0.3, -0.25) is 9.69 Å². The molecule has 0 spiro atoms. The van der Waals surface area contributed by atoms with Gasteiger partial charge in [-0.25, -0.2) is 0 Å². The van der Waals surface area contributed by atoms with E-state index in [-0.39, 0.29) is 6.54 Å². The topological polar surface area (TPSA) is 49.8 Å². The fourth-order valence-electron chi connectivity index (χ4n) is 2.98. The summed E-state index contributed by atoms with van der Waals surface area (Å²) in [5.41, 5.74) is 0. The van der Waals surface area contributed by atoms with E-state index in [1.807, 2.05) is 0 Å². The summed E-state index contributed by atoms with van der Waals surface area (Å²) in [6, 6.07) is 0.435. The van der Waals surface area contributed by atoms with Gasteiger partial charge >= 0.3 is 5.97 Å². The Morgan fingerprint density at radius 3 is 2.50 bits per heavy atom. The van der Waals surface area contributed by atoms with Gasteiger partial charge in [0.05, 0.1) is 13.2 Å². The minimum Gasteiger partial charge on any atom is -0.480 e. The van der Waals surface area contributed by atoms with Crippen molar-refractivity contribution in [1.29, 1.82) is 0 Å². The zero-order chi connectivity index (χ0) is 13.4. The Morgan fingerprint density at radius 1 is 1.33 bits per heavy atom. The third-order valence-corrected chi connectivity index (χ3v) is 3.95.